The van der Waals surface area contributed by atoms with Crippen LogP contribution in [0.25, 0.3) is 0 Å². The van der Waals surface area contributed by atoms with Crippen molar-refractivity contribution in [3.63, 3.8) is 0 Å². The van der Waals surface area contributed by atoms with E-state index in [1.165, 1.54) is 12.1 Å². The number of nitrogen functional groups attached to an aromatic ring is 1. The molecule has 76 valence electrons. The van der Waals surface area contributed by atoms with Crippen LogP contribution >= 0.6 is 15.9 Å². The van der Waals surface area contributed by atoms with Crippen LogP contribution in [0.15, 0.2) is 16.6 Å². The summed E-state index contributed by atoms with van der Waals surface area (Å²) in [7, 11) is 0. The van der Waals surface area contributed by atoms with Gasteiger partial charge in [0, 0.05) is 0 Å². The van der Waals surface area contributed by atoms with Crippen LogP contribution in [0.5, 0.6) is 5.75 Å². The topological polar surface area (TPSA) is 78.4 Å². The van der Waals surface area contributed by atoms with Crippen LogP contribution in [-0.2, 0) is 0 Å². The van der Waals surface area contributed by atoms with Gasteiger partial charge in [0.15, 0.2) is 0 Å². The molecule has 6 heteroatoms. The number of anilines is 1. The number of nitrogens with zero attached hydrogens (tertiary/aromatic N) is 1. The molecule has 0 heterocycles. The van der Waals surface area contributed by atoms with Crippen molar-refractivity contribution in [2.45, 2.75) is 6.92 Å². The molecule has 0 saturated carbocycles. The average molecular weight is 261 g/mol. The second-order valence-corrected chi connectivity index (χ2v) is 3.39. The molecule has 0 bridgehead atoms. The number of nitro benzene ring substituents is 1. The zero-order valence-electron chi connectivity index (χ0n) is 7.49. The van der Waals surface area contributed by atoms with E-state index in [-0.39, 0.29) is 11.4 Å². The van der Waals surface area contributed by atoms with Gasteiger partial charge in [-0.1, -0.05) is 0 Å². The highest BCUT2D eigenvalue weighted by Crippen LogP contribution is 2.34. The van der Waals surface area contributed by atoms with E-state index < -0.39 is 4.92 Å². The van der Waals surface area contributed by atoms with Gasteiger partial charge in [0.25, 0.3) is 5.69 Å². The Labute approximate surface area is 89.1 Å². The highest BCUT2D eigenvalue weighted by atomic mass is 79.9. The molecular weight excluding hydrogens is 252 g/mol. The first-order chi connectivity index (χ1) is 6.56. The highest BCUT2D eigenvalue weighted by molar-refractivity contribution is 9.10. The number of halogens is 1. The summed E-state index contributed by atoms with van der Waals surface area (Å²) < 4.78 is 5.79. The summed E-state index contributed by atoms with van der Waals surface area (Å²) in [5.41, 5.74) is 5.43. The van der Waals surface area contributed by atoms with Gasteiger partial charge >= 0.3 is 0 Å². The Morgan fingerprint density at radius 3 is 2.79 bits per heavy atom. The second-order valence-electron chi connectivity index (χ2n) is 2.53. The fraction of sp³-hybridized carbons (Fsp3) is 0.250. The fourth-order valence-electron chi connectivity index (χ4n) is 0.982. The average Bonchev–Trinajstić information content (AvgIpc) is 2.09. The molecule has 0 radical (unpaired) electrons. The second kappa shape index (κ2) is 4.28. The van der Waals surface area contributed by atoms with Crippen molar-refractivity contribution >= 4 is 27.3 Å². The minimum Gasteiger partial charge on any atom is -0.492 e. The third kappa shape index (κ3) is 2.14. The van der Waals surface area contributed by atoms with Crippen molar-refractivity contribution in [3.8, 4) is 5.75 Å². The van der Waals surface area contributed by atoms with Crippen molar-refractivity contribution in [3.05, 3.63) is 26.7 Å². The largest absolute Gasteiger partial charge is 0.492 e. The molecule has 0 atom stereocenters. The predicted octanol–water partition coefficient (Wildman–Crippen LogP) is 2.34. The lowest BCUT2D eigenvalue weighted by atomic mass is 10.2. The summed E-state index contributed by atoms with van der Waals surface area (Å²) in [6.45, 7) is 2.24. The third-order valence-electron chi connectivity index (χ3n) is 1.58. The van der Waals surface area contributed by atoms with Gasteiger partial charge in [-0.3, -0.25) is 10.1 Å². The molecule has 0 spiro atoms. The zero-order valence-corrected chi connectivity index (χ0v) is 9.08. The summed E-state index contributed by atoms with van der Waals surface area (Å²) in [6.07, 6.45) is 0. The van der Waals surface area contributed by atoms with E-state index in [9.17, 15) is 10.1 Å². The lowest BCUT2D eigenvalue weighted by molar-refractivity contribution is -0.384. The molecule has 0 aromatic heterocycles. The number of nitro groups is 1. The lowest BCUT2D eigenvalue weighted by Gasteiger charge is -2.06. The van der Waals surface area contributed by atoms with Crippen LogP contribution in [-0.4, -0.2) is 11.5 Å². The van der Waals surface area contributed by atoms with E-state index in [0.717, 1.165) is 0 Å². The quantitative estimate of drug-likeness (QED) is 0.514. The van der Waals surface area contributed by atoms with Crippen molar-refractivity contribution in [2.24, 2.45) is 0 Å². The minimum atomic E-state index is -0.537. The van der Waals surface area contributed by atoms with E-state index in [2.05, 4.69) is 15.9 Å². The van der Waals surface area contributed by atoms with E-state index in [1.54, 1.807) is 6.92 Å². The third-order valence-corrected chi connectivity index (χ3v) is 2.20. The monoisotopic (exact) mass is 260 g/mol. The van der Waals surface area contributed by atoms with Crippen LogP contribution in [0.3, 0.4) is 0 Å². The van der Waals surface area contributed by atoms with E-state index in [4.69, 9.17) is 10.5 Å². The number of rotatable bonds is 3. The lowest BCUT2D eigenvalue weighted by Crippen LogP contribution is -1.98. The molecule has 0 saturated heterocycles. The standard InChI is InChI=1S/C8H9BrN2O3/c1-2-14-8-4-7(11(12)13)6(10)3-5(8)9/h3-4H,2,10H2,1H3. The van der Waals surface area contributed by atoms with Crippen molar-refractivity contribution in [2.75, 3.05) is 12.3 Å². The fourth-order valence-corrected chi connectivity index (χ4v) is 1.46. The first-order valence-electron chi connectivity index (χ1n) is 3.92. The summed E-state index contributed by atoms with van der Waals surface area (Å²) in [4.78, 5) is 10.0. The molecule has 14 heavy (non-hydrogen) atoms. The van der Waals surface area contributed by atoms with Gasteiger partial charge in [0.2, 0.25) is 0 Å². The van der Waals surface area contributed by atoms with Gasteiger partial charge in [0.05, 0.1) is 22.1 Å². The summed E-state index contributed by atoms with van der Waals surface area (Å²) >= 11 is 3.20. The van der Waals surface area contributed by atoms with Crippen LogP contribution < -0.4 is 10.5 Å². The maximum absolute atomic E-state index is 10.5. The van der Waals surface area contributed by atoms with Crippen LogP contribution in [0.1, 0.15) is 6.92 Å². The summed E-state index contributed by atoms with van der Waals surface area (Å²) in [5.74, 6) is 0.424. The zero-order chi connectivity index (χ0) is 10.7. The Kier molecular flexibility index (Phi) is 3.29. The van der Waals surface area contributed by atoms with Gasteiger partial charge in [-0.25, -0.2) is 0 Å². The molecule has 0 aliphatic heterocycles. The van der Waals surface area contributed by atoms with E-state index in [0.29, 0.717) is 16.8 Å². The summed E-state index contributed by atoms with van der Waals surface area (Å²) in [5, 5.41) is 10.5. The molecule has 0 aliphatic carbocycles. The minimum absolute atomic E-state index is 0.116. The Morgan fingerprint density at radius 1 is 1.64 bits per heavy atom. The number of benzene rings is 1. The molecule has 0 aliphatic rings. The number of hydrogen-bond donors (Lipinski definition) is 1. The first-order valence-corrected chi connectivity index (χ1v) is 4.71. The van der Waals surface area contributed by atoms with Gasteiger partial charge < -0.3 is 10.5 Å². The van der Waals surface area contributed by atoms with Gasteiger partial charge in [-0.2, -0.15) is 0 Å². The molecule has 1 aromatic rings. The number of hydrogen-bond acceptors (Lipinski definition) is 4. The molecular formula is C8H9BrN2O3. The predicted molar refractivity (Wildman–Crippen MR) is 56.4 cm³/mol. The van der Waals surface area contributed by atoms with Crippen LogP contribution in [0.4, 0.5) is 11.4 Å². The maximum Gasteiger partial charge on any atom is 0.295 e. The Balaban J connectivity index is 3.20. The first kappa shape index (κ1) is 10.8. The Bertz CT molecular complexity index is 368. The number of ether oxygens (including phenoxy) is 1. The van der Waals surface area contributed by atoms with E-state index >= 15 is 0 Å². The number of nitrogens with two attached hydrogens (primary N) is 1. The highest BCUT2D eigenvalue weighted by Gasteiger charge is 2.15. The maximum atomic E-state index is 10.5. The molecule has 5 nitrogen and oxygen atoms in total. The Hall–Kier alpha value is -1.30. The molecule has 1 aromatic carbocycles. The van der Waals surface area contributed by atoms with Crippen molar-refractivity contribution < 1.29 is 9.66 Å². The molecule has 2 N–H and O–H groups in total. The molecule has 0 fully saturated rings. The van der Waals surface area contributed by atoms with Crippen LogP contribution in [0.2, 0.25) is 0 Å². The molecule has 1 rings (SSSR count). The normalized spacial score (nSPS) is 9.86. The van der Waals surface area contributed by atoms with Crippen molar-refractivity contribution in [1.82, 2.24) is 0 Å². The smallest absolute Gasteiger partial charge is 0.295 e. The van der Waals surface area contributed by atoms with Gasteiger partial charge in [-0.05, 0) is 28.9 Å². The van der Waals surface area contributed by atoms with Crippen LogP contribution in [0, 0.1) is 10.1 Å². The SMILES string of the molecule is CCOc1cc([N+](=O)[O-])c(N)cc1Br. The molecule has 0 unspecified atom stereocenters. The summed E-state index contributed by atoms with van der Waals surface area (Å²) in [6, 6.07) is 2.77. The van der Waals surface area contributed by atoms with Gasteiger partial charge in [-0.15, -0.1) is 0 Å². The van der Waals surface area contributed by atoms with E-state index in [1.807, 2.05) is 0 Å². The van der Waals surface area contributed by atoms with Crippen molar-refractivity contribution in [1.29, 1.82) is 0 Å². The van der Waals surface area contributed by atoms with Gasteiger partial charge in [0.1, 0.15) is 11.4 Å². The molecule has 0 amide bonds. The Morgan fingerprint density at radius 2 is 2.29 bits per heavy atom.